The number of hydrogen-bond acceptors (Lipinski definition) is 8. The summed E-state index contributed by atoms with van der Waals surface area (Å²) in [5, 5.41) is 11.0. The average molecular weight is 499 g/mol. The molecule has 188 valence electrons. The van der Waals surface area contributed by atoms with Gasteiger partial charge in [-0.15, -0.1) is 0 Å². The molecule has 2 aromatic heterocycles. The molecule has 1 fully saturated rings. The fourth-order valence-electron chi connectivity index (χ4n) is 3.60. The Morgan fingerprint density at radius 1 is 1.26 bits per heavy atom. The van der Waals surface area contributed by atoms with E-state index in [1.165, 1.54) is 20.2 Å². The van der Waals surface area contributed by atoms with Crippen molar-refractivity contribution in [3.63, 3.8) is 0 Å². The minimum atomic E-state index is -3.22. The van der Waals surface area contributed by atoms with Crippen molar-refractivity contribution in [3.8, 4) is 6.01 Å². The van der Waals surface area contributed by atoms with Gasteiger partial charge in [-0.25, -0.2) is 41.9 Å². The summed E-state index contributed by atoms with van der Waals surface area (Å²) < 4.78 is 72.8. The van der Waals surface area contributed by atoms with Crippen LogP contribution in [-0.4, -0.2) is 68.6 Å². The Kier molecular flexibility index (Phi) is 7.92. The molecule has 9 nitrogen and oxygen atoms in total. The molecule has 35 heavy (non-hydrogen) atoms. The van der Waals surface area contributed by atoms with Crippen molar-refractivity contribution in [1.82, 2.24) is 30.2 Å². The molecule has 1 saturated heterocycles. The summed E-state index contributed by atoms with van der Waals surface area (Å²) in [5.74, 6) is -5.92. The summed E-state index contributed by atoms with van der Waals surface area (Å²) in [6.45, 7) is 0.205. The van der Waals surface area contributed by atoms with E-state index in [0.717, 1.165) is 29.7 Å². The molecule has 0 aromatic carbocycles. The first-order valence-corrected chi connectivity index (χ1v) is 10.4. The van der Waals surface area contributed by atoms with Crippen LogP contribution in [0.4, 0.5) is 22.0 Å². The van der Waals surface area contributed by atoms with Crippen molar-refractivity contribution in [2.75, 3.05) is 20.2 Å². The number of alkyl halides is 4. The Morgan fingerprint density at radius 2 is 1.89 bits per heavy atom. The molecular formula is C21H22F5N7O2. The van der Waals surface area contributed by atoms with E-state index in [2.05, 4.69) is 25.3 Å². The van der Waals surface area contributed by atoms with Crippen LogP contribution >= 0.6 is 0 Å². The van der Waals surface area contributed by atoms with Crippen LogP contribution in [0, 0.1) is 17.1 Å². The van der Waals surface area contributed by atoms with Gasteiger partial charge in [0.2, 0.25) is 0 Å². The average Bonchev–Trinajstić information content (AvgIpc) is 2.81. The maximum absolute atomic E-state index is 14.4. The zero-order valence-corrected chi connectivity index (χ0v) is 18.7. The highest BCUT2D eigenvalue weighted by Gasteiger charge is 2.47. The number of likely N-dealkylation sites (tertiary alicyclic amines) is 1. The van der Waals surface area contributed by atoms with Crippen molar-refractivity contribution in [1.29, 1.82) is 5.41 Å². The van der Waals surface area contributed by atoms with Gasteiger partial charge in [0.1, 0.15) is 12.3 Å². The monoisotopic (exact) mass is 499 g/mol. The van der Waals surface area contributed by atoms with Crippen LogP contribution in [0.15, 0.2) is 31.0 Å². The van der Waals surface area contributed by atoms with Crippen LogP contribution in [0.25, 0.3) is 5.57 Å². The second kappa shape index (κ2) is 10.7. The van der Waals surface area contributed by atoms with Crippen LogP contribution in [-0.2, 0) is 4.79 Å². The third kappa shape index (κ3) is 6.25. The molecule has 0 aliphatic carbocycles. The van der Waals surface area contributed by atoms with Crippen LogP contribution in [0.2, 0.25) is 0 Å². The molecule has 0 saturated carbocycles. The molecule has 0 bridgehead atoms. The second-order valence-electron chi connectivity index (χ2n) is 7.90. The Balaban J connectivity index is 1.84. The summed E-state index contributed by atoms with van der Waals surface area (Å²) in [7, 11) is 1.48. The van der Waals surface area contributed by atoms with Crippen LogP contribution in [0.3, 0.4) is 0 Å². The molecule has 2 atom stereocenters. The molecule has 0 unspecified atom stereocenters. The zero-order chi connectivity index (χ0) is 25.8. The third-order valence-electron chi connectivity index (χ3n) is 5.26. The van der Waals surface area contributed by atoms with E-state index < -0.39 is 60.3 Å². The highest BCUT2D eigenvalue weighted by Crippen LogP contribution is 2.35. The molecule has 0 radical (unpaired) electrons. The second-order valence-corrected chi connectivity index (χ2v) is 7.90. The summed E-state index contributed by atoms with van der Waals surface area (Å²) >= 11 is 0. The number of nitrogens with zero attached hydrogens (tertiary/aromatic N) is 5. The number of rotatable bonds is 8. The van der Waals surface area contributed by atoms with Gasteiger partial charge in [0, 0.05) is 32.1 Å². The number of nitrogens with one attached hydrogen (secondary N) is 2. The number of amides is 1. The molecule has 0 spiro atoms. The largest absolute Gasteiger partial charge is 0.461 e. The lowest BCUT2D eigenvalue weighted by atomic mass is 9.88. The fraction of sp³-hybridized carbons (Fsp3) is 0.429. The summed E-state index contributed by atoms with van der Waals surface area (Å²) in [6.07, 6.45) is 1.36. The van der Waals surface area contributed by atoms with Gasteiger partial charge >= 0.3 is 6.01 Å². The van der Waals surface area contributed by atoms with E-state index in [4.69, 9.17) is 10.1 Å². The lowest BCUT2D eigenvalue weighted by Crippen LogP contribution is -2.58. The first-order valence-electron chi connectivity index (χ1n) is 10.4. The van der Waals surface area contributed by atoms with Gasteiger partial charge in [0.25, 0.3) is 18.3 Å². The first kappa shape index (κ1) is 25.9. The Morgan fingerprint density at radius 3 is 2.46 bits per heavy atom. The Hall–Kier alpha value is -3.71. The molecule has 14 heteroatoms. The maximum atomic E-state index is 14.4. The van der Waals surface area contributed by atoms with E-state index in [9.17, 15) is 26.7 Å². The number of aromatic nitrogens is 4. The summed E-state index contributed by atoms with van der Waals surface area (Å²) in [4.78, 5) is 28.9. The molecule has 2 N–H and O–H groups in total. The third-order valence-corrected chi connectivity index (χ3v) is 5.26. The van der Waals surface area contributed by atoms with E-state index in [0.29, 0.717) is 0 Å². The lowest BCUT2D eigenvalue weighted by Gasteiger charge is -2.43. The Bertz CT molecular complexity index is 1080. The number of ether oxygens (including phenoxy) is 1. The van der Waals surface area contributed by atoms with Crippen molar-refractivity contribution >= 4 is 17.2 Å². The van der Waals surface area contributed by atoms with Crippen molar-refractivity contribution in [2.24, 2.45) is 5.92 Å². The minimum absolute atomic E-state index is 0.135. The number of halogens is 5. The number of hydrogen-bond donors (Lipinski definition) is 2. The number of carbonyl (C=O) groups excluding carboxylic acids is 1. The van der Waals surface area contributed by atoms with Gasteiger partial charge in [0.15, 0.2) is 11.6 Å². The van der Waals surface area contributed by atoms with Crippen molar-refractivity contribution in [3.05, 3.63) is 48.2 Å². The normalized spacial score (nSPS) is 20.0. The van der Waals surface area contributed by atoms with Gasteiger partial charge < -0.3 is 15.0 Å². The predicted octanol–water partition coefficient (Wildman–Crippen LogP) is 2.87. The quantitative estimate of drug-likeness (QED) is 0.424. The van der Waals surface area contributed by atoms with Gasteiger partial charge in [0.05, 0.1) is 36.1 Å². The van der Waals surface area contributed by atoms with E-state index in [1.807, 2.05) is 0 Å². The summed E-state index contributed by atoms with van der Waals surface area (Å²) in [5.41, 5.74) is -1.25. The summed E-state index contributed by atoms with van der Waals surface area (Å²) in [6, 6.07) is -1.18. The predicted molar refractivity (Wildman–Crippen MR) is 113 cm³/mol. The molecule has 2 aromatic rings. The van der Waals surface area contributed by atoms with Crippen molar-refractivity contribution < 1.29 is 31.5 Å². The molecule has 1 aliphatic heterocycles. The highest BCUT2D eigenvalue weighted by molar-refractivity contribution is 6.54. The van der Waals surface area contributed by atoms with Gasteiger partial charge in [-0.3, -0.25) is 10.2 Å². The van der Waals surface area contributed by atoms with Gasteiger partial charge in [-0.1, -0.05) is 6.92 Å². The SMILES string of the molecule is CN/C=C(\C(=N)C(=O)N1CC(F)(F)C[C@@H](C)[C@H]1COc1ncc(C(F)F)cn1)c1ncc(F)cn1. The first-order chi connectivity index (χ1) is 16.5. The van der Waals surface area contributed by atoms with Crippen molar-refractivity contribution in [2.45, 2.75) is 31.7 Å². The maximum Gasteiger partial charge on any atom is 0.316 e. The molecule has 1 aliphatic rings. The number of piperidine rings is 1. The topological polar surface area (TPSA) is 117 Å². The van der Waals surface area contributed by atoms with E-state index in [1.54, 1.807) is 0 Å². The molecule has 1 amide bonds. The van der Waals surface area contributed by atoms with E-state index >= 15 is 0 Å². The Labute approximate surface area is 197 Å². The molecule has 3 rings (SSSR count). The van der Waals surface area contributed by atoms with Crippen LogP contribution in [0.5, 0.6) is 6.01 Å². The highest BCUT2D eigenvalue weighted by atomic mass is 19.3. The molecular weight excluding hydrogens is 477 g/mol. The lowest BCUT2D eigenvalue weighted by molar-refractivity contribution is -0.148. The smallest absolute Gasteiger partial charge is 0.316 e. The fourth-order valence-corrected chi connectivity index (χ4v) is 3.60. The minimum Gasteiger partial charge on any atom is -0.461 e. The van der Waals surface area contributed by atoms with Gasteiger partial charge in [-0.2, -0.15) is 0 Å². The van der Waals surface area contributed by atoms with Crippen LogP contribution in [0.1, 0.15) is 31.2 Å². The molecule has 3 heterocycles. The number of carbonyl (C=O) groups is 1. The van der Waals surface area contributed by atoms with Crippen LogP contribution < -0.4 is 10.1 Å². The van der Waals surface area contributed by atoms with E-state index in [-0.39, 0.29) is 24.0 Å². The van der Waals surface area contributed by atoms with Gasteiger partial charge in [-0.05, 0) is 5.92 Å². The zero-order valence-electron chi connectivity index (χ0n) is 18.7. The standard InChI is InChI=1S/C21H22F5N7O2/c1-11-3-21(25,26)10-33(15(11)9-35-20-31-4-12(5-32-20)17(23)24)19(34)16(27)14(8-28-2)18-29-6-13(22)7-30-18/h4-8,11,15,17,27-28H,3,9-10H2,1-2H3/b14-8+,27-16?/t11-,15-/m1/s1.